The number of carbonyl (C=O) groups is 2. The van der Waals surface area contributed by atoms with Gasteiger partial charge in [-0.15, -0.1) is 0 Å². The van der Waals surface area contributed by atoms with Crippen LogP contribution in [0.5, 0.6) is 0 Å². The molecule has 2 atom stereocenters. The zero-order valence-corrected chi connectivity index (χ0v) is 21.2. The molecule has 0 saturated carbocycles. The molecule has 0 aliphatic carbocycles. The quantitative estimate of drug-likeness (QED) is 0.370. The van der Waals surface area contributed by atoms with Gasteiger partial charge in [-0.3, -0.25) is 0 Å². The second-order valence-corrected chi connectivity index (χ2v) is 15.1. The van der Waals surface area contributed by atoms with Crippen molar-refractivity contribution >= 4 is 20.4 Å². The van der Waals surface area contributed by atoms with E-state index in [4.69, 9.17) is 9.16 Å². The molecule has 0 saturated heterocycles. The highest BCUT2D eigenvalue weighted by Gasteiger charge is 2.38. The van der Waals surface area contributed by atoms with Crippen LogP contribution in [0.1, 0.15) is 53.5 Å². The number of nitrogens with one attached hydrogen (secondary N) is 1. The van der Waals surface area contributed by atoms with Crippen molar-refractivity contribution in [3.63, 3.8) is 0 Å². The molecule has 0 aliphatic heterocycles. The van der Waals surface area contributed by atoms with Crippen molar-refractivity contribution < 1.29 is 23.9 Å². The van der Waals surface area contributed by atoms with Gasteiger partial charge in [0, 0.05) is 5.92 Å². The summed E-state index contributed by atoms with van der Waals surface area (Å²) in [5, 5.41) is 12.4. The molecule has 31 heavy (non-hydrogen) atoms. The predicted molar refractivity (Wildman–Crippen MR) is 126 cm³/mol. The average Bonchev–Trinajstić information content (AvgIpc) is 2.61. The lowest BCUT2D eigenvalue weighted by molar-refractivity contribution is -0.140. The number of aliphatic carboxylic acids is 1. The molecule has 1 amide bonds. The number of carbonyl (C=O) groups excluding carboxylic acids is 1. The Morgan fingerprint density at radius 3 is 2.16 bits per heavy atom. The van der Waals surface area contributed by atoms with Crippen LogP contribution in [-0.2, 0) is 20.4 Å². The topological polar surface area (TPSA) is 84.9 Å². The molecule has 0 aromatic heterocycles. The van der Waals surface area contributed by atoms with Crippen molar-refractivity contribution in [1.29, 1.82) is 0 Å². The summed E-state index contributed by atoms with van der Waals surface area (Å²) in [5.74, 6) is -1.57. The van der Waals surface area contributed by atoms with E-state index in [2.05, 4.69) is 39.2 Å². The minimum absolute atomic E-state index is 0.0256. The van der Waals surface area contributed by atoms with E-state index in [1.54, 1.807) is 33.1 Å². The first-order valence-corrected chi connectivity index (χ1v) is 13.6. The van der Waals surface area contributed by atoms with Crippen LogP contribution in [0.2, 0.25) is 18.1 Å². The fraction of sp³-hybridized carbons (Fsp3) is 0.583. The smallest absolute Gasteiger partial charge is 0.408 e. The summed E-state index contributed by atoms with van der Waals surface area (Å²) < 4.78 is 11.4. The number of hydrogen-bond donors (Lipinski definition) is 2. The maximum Gasteiger partial charge on any atom is 0.408 e. The molecule has 0 spiro atoms. The Labute approximate surface area is 188 Å². The van der Waals surface area contributed by atoms with E-state index in [-0.39, 0.29) is 5.04 Å². The van der Waals surface area contributed by atoms with Gasteiger partial charge in [0.25, 0.3) is 0 Å². The zero-order valence-electron chi connectivity index (χ0n) is 20.2. The molecule has 2 N–H and O–H groups in total. The van der Waals surface area contributed by atoms with E-state index in [0.29, 0.717) is 12.8 Å². The number of carboxylic acids is 1. The number of amides is 1. The predicted octanol–water partition coefficient (Wildman–Crippen LogP) is 5.75. The minimum Gasteiger partial charge on any atom is -0.549 e. The van der Waals surface area contributed by atoms with Crippen molar-refractivity contribution in [2.45, 2.75) is 84.2 Å². The lowest BCUT2D eigenvalue weighted by Gasteiger charge is -2.35. The van der Waals surface area contributed by atoms with Crippen LogP contribution < -0.4 is 5.32 Å². The number of alkyl carbamates (subject to hydrolysis) is 1. The Balaban J connectivity index is 3.05. The van der Waals surface area contributed by atoms with Crippen LogP contribution in [0.15, 0.2) is 42.7 Å². The normalized spacial score (nSPS) is 14.7. The van der Waals surface area contributed by atoms with E-state index in [1.165, 1.54) is 0 Å². The van der Waals surface area contributed by atoms with Gasteiger partial charge in [0.2, 0.25) is 8.32 Å². The van der Waals surface area contributed by atoms with E-state index in [1.807, 2.05) is 30.3 Å². The van der Waals surface area contributed by atoms with E-state index in [9.17, 15) is 14.7 Å². The SMILES string of the molecule is CC(C)(C)OC(=O)N[C@H](C(=O)O)[C@@H](/C=C/O[Si](C)(C)C(C)(C)C)CCc1ccccc1. The third-order valence-electron chi connectivity index (χ3n) is 5.47. The third kappa shape index (κ3) is 9.59. The maximum atomic E-state index is 12.3. The third-order valence-corrected chi connectivity index (χ3v) is 9.81. The van der Waals surface area contributed by atoms with E-state index in [0.717, 1.165) is 5.56 Å². The first-order chi connectivity index (χ1) is 14.1. The minimum atomic E-state index is -2.03. The molecule has 6 nitrogen and oxygen atoms in total. The Morgan fingerprint density at radius 2 is 1.68 bits per heavy atom. The highest BCUT2D eigenvalue weighted by Crippen LogP contribution is 2.36. The average molecular weight is 450 g/mol. The summed E-state index contributed by atoms with van der Waals surface area (Å²) in [7, 11) is -2.03. The number of aryl methyl sites for hydroxylation is 1. The fourth-order valence-electron chi connectivity index (χ4n) is 2.63. The van der Waals surface area contributed by atoms with Crippen molar-refractivity contribution in [3.8, 4) is 0 Å². The standard InChI is InChI=1S/C24H39NO5Si/c1-23(2,3)30-22(28)25-20(21(26)27)19(15-14-18-12-10-9-11-13-18)16-17-29-31(7,8)24(4,5)6/h9-13,16-17,19-20H,14-15H2,1-8H3,(H,25,28)(H,26,27)/b17-16+/t19-,20+/m1/s1. The molecule has 0 aliphatic rings. The number of carboxylic acid groups (broad SMARTS) is 1. The molecule has 1 aromatic carbocycles. The number of benzene rings is 1. The highest BCUT2D eigenvalue weighted by atomic mass is 28.4. The van der Waals surface area contributed by atoms with Gasteiger partial charge in [-0.2, -0.15) is 0 Å². The summed E-state index contributed by atoms with van der Waals surface area (Å²) in [6.07, 6.45) is 3.85. The molecule has 7 heteroatoms. The van der Waals surface area contributed by atoms with E-state index >= 15 is 0 Å². The number of rotatable bonds is 9. The summed E-state index contributed by atoms with van der Waals surface area (Å²) in [5.41, 5.74) is 0.390. The second kappa shape index (κ2) is 10.8. The molecule has 0 unspecified atom stereocenters. The zero-order chi connectivity index (χ0) is 23.9. The molecular formula is C24H39NO5Si. The van der Waals surface area contributed by atoms with Gasteiger partial charge in [0.15, 0.2) is 0 Å². The van der Waals surface area contributed by atoms with Crippen molar-refractivity contribution in [2.75, 3.05) is 0 Å². The van der Waals surface area contributed by atoms with Crippen LogP contribution in [0.25, 0.3) is 0 Å². The van der Waals surface area contributed by atoms with Crippen molar-refractivity contribution in [2.24, 2.45) is 5.92 Å². The van der Waals surface area contributed by atoms with Gasteiger partial charge in [0.1, 0.15) is 11.6 Å². The molecule has 0 fully saturated rings. The Morgan fingerprint density at radius 1 is 1.10 bits per heavy atom. The van der Waals surface area contributed by atoms with Gasteiger partial charge in [-0.05, 0) is 63.4 Å². The summed E-state index contributed by atoms with van der Waals surface area (Å²) in [6, 6.07) is 8.73. The van der Waals surface area contributed by atoms with Crippen LogP contribution in [0.3, 0.4) is 0 Å². The molecule has 0 radical (unpaired) electrons. The summed E-state index contributed by atoms with van der Waals surface area (Å²) >= 11 is 0. The molecule has 0 heterocycles. The van der Waals surface area contributed by atoms with Crippen LogP contribution in [0.4, 0.5) is 4.79 Å². The number of ether oxygens (including phenoxy) is 1. The first-order valence-electron chi connectivity index (χ1n) is 10.7. The summed E-state index contributed by atoms with van der Waals surface area (Å²) in [6.45, 7) is 15.9. The Hall–Kier alpha value is -2.28. The van der Waals surface area contributed by atoms with Gasteiger partial charge in [-0.25, -0.2) is 9.59 Å². The second-order valence-electron chi connectivity index (χ2n) is 10.4. The van der Waals surface area contributed by atoms with Crippen LogP contribution >= 0.6 is 0 Å². The fourth-order valence-corrected chi connectivity index (χ4v) is 3.40. The summed E-state index contributed by atoms with van der Waals surface area (Å²) in [4.78, 5) is 24.3. The van der Waals surface area contributed by atoms with Gasteiger partial charge in [-0.1, -0.05) is 51.1 Å². The maximum absolute atomic E-state index is 12.3. The molecule has 174 valence electrons. The van der Waals surface area contributed by atoms with Crippen molar-refractivity contribution in [1.82, 2.24) is 5.32 Å². The van der Waals surface area contributed by atoms with Gasteiger partial charge in [0.05, 0.1) is 6.26 Å². The number of hydrogen-bond acceptors (Lipinski definition) is 4. The lowest BCUT2D eigenvalue weighted by atomic mass is 9.92. The highest BCUT2D eigenvalue weighted by molar-refractivity contribution is 6.74. The van der Waals surface area contributed by atoms with Crippen molar-refractivity contribution in [3.05, 3.63) is 48.2 Å². The first kappa shape index (κ1) is 26.8. The lowest BCUT2D eigenvalue weighted by Crippen LogP contribution is -2.47. The van der Waals surface area contributed by atoms with Gasteiger partial charge < -0.3 is 19.6 Å². The van der Waals surface area contributed by atoms with Crippen LogP contribution in [0, 0.1) is 5.92 Å². The monoisotopic (exact) mass is 449 g/mol. The van der Waals surface area contributed by atoms with E-state index < -0.39 is 37.9 Å². The molecule has 1 rings (SSSR count). The Kier molecular flexibility index (Phi) is 9.36. The largest absolute Gasteiger partial charge is 0.549 e. The molecule has 1 aromatic rings. The Bertz CT molecular complexity index is 747. The molecule has 0 bridgehead atoms. The molecular weight excluding hydrogens is 410 g/mol. The van der Waals surface area contributed by atoms with Gasteiger partial charge >= 0.3 is 12.1 Å². The van der Waals surface area contributed by atoms with Crippen LogP contribution in [-0.4, -0.2) is 37.1 Å².